The smallest absolute Gasteiger partial charge is 0.273 e. The molecule has 2 heterocycles. The van der Waals surface area contributed by atoms with Crippen LogP contribution in [0, 0.1) is 10.1 Å². The van der Waals surface area contributed by atoms with E-state index in [0.29, 0.717) is 33.7 Å². The number of benzene rings is 2. The Kier molecular flexibility index (Phi) is 3.85. The largest absolute Gasteiger partial charge is 0.496 e. The van der Waals surface area contributed by atoms with E-state index >= 15 is 0 Å². The summed E-state index contributed by atoms with van der Waals surface area (Å²) in [5.41, 5.74) is 2.14. The standard InChI is InChI=1S/C18H12ClN3O4/c1-25-17-9-11(22(23)24)3-4-12(17)15-6-7-16(26-15)18-20-13-5-2-10(19)8-14(13)21-18/h2-9H,1H3,(H,20,21). The van der Waals surface area contributed by atoms with Crippen molar-refractivity contribution in [3.63, 3.8) is 0 Å². The van der Waals surface area contributed by atoms with Crippen LogP contribution in [0.5, 0.6) is 5.75 Å². The average Bonchev–Trinajstić information content (AvgIpc) is 3.27. The fourth-order valence-electron chi connectivity index (χ4n) is 2.71. The van der Waals surface area contributed by atoms with Crippen molar-refractivity contribution in [1.29, 1.82) is 0 Å². The van der Waals surface area contributed by atoms with Gasteiger partial charge in [0.05, 0.1) is 34.7 Å². The first-order chi connectivity index (χ1) is 12.5. The number of nitro benzene ring substituents is 1. The molecular formula is C18H12ClN3O4. The molecule has 7 nitrogen and oxygen atoms in total. The number of nitrogens with one attached hydrogen (secondary N) is 1. The van der Waals surface area contributed by atoms with E-state index in [0.717, 1.165) is 11.0 Å². The number of aromatic amines is 1. The number of aromatic nitrogens is 2. The second-order valence-electron chi connectivity index (χ2n) is 5.55. The van der Waals surface area contributed by atoms with E-state index in [1.807, 2.05) is 6.07 Å². The van der Waals surface area contributed by atoms with E-state index < -0.39 is 4.92 Å². The zero-order chi connectivity index (χ0) is 18.3. The minimum absolute atomic E-state index is 0.0495. The molecule has 0 radical (unpaired) electrons. The summed E-state index contributed by atoms with van der Waals surface area (Å²) in [6.45, 7) is 0. The Morgan fingerprint density at radius 2 is 1.96 bits per heavy atom. The summed E-state index contributed by atoms with van der Waals surface area (Å²) < 4.78 is 11.1. The lowest BCUT2D eigenvalue weighted by Crippen LogP contribution is -1.92. The highest BCUT2D eigenvalue weighted by Gasteiger charge is 2.17. The van der Waals surface area contributed by atoms with Gasteiger partial charge >= 0.3 is 0 Å². The molecule has 0 fully saturated rings. The molecule has 0 aliphatic heterocycles. The Labute approximate surface area is 152 Å². The highest BCUT2D eigenvalue weighted by molar-refractivity contribution is 6.31. The second kappa shape index (κ2) is 6.20. The van der Waals surface area contributed by atoms with Crippen LogP contribution in [0.15, 0.2) is 52.9 Å². The van der Waals surface area contributed by atoms with Gasteiger partial charge in [0.25, 0.3) is 5.69 Å². The van der Waals surface area contributed by atoms with Crippen molar-refractivity contribution < 1.29 is 14.1 Å². The number of rotatable bonds is 4. The van der Waals surface area contributed by atoms with E-state index in [2.05, 4.69) is 9.97 Å². The highest BCUT2D eigenvalue weighted by Crippen LogP contribution is 2.36. The number of hydrogen-bond acceptors (Lipinski definition) is 5. The van der Waals surface area contributed by atoms with Gasteiger partial charge in [-0.1, -0.05) is 11.6 Å². The third-order valence-corrected chi connectivity index (χ3v) is 4.18. The first-order valence-corrected chi connectivity index (χ1v) is 8.01. The molecule has 1 N–H and O–H groups in total. The van der Waals surface area contributed by atoms with Gasteiger partial charge in [-0.2, -0.15) is 0 Å². The molecule has 2 aromatic heterocycles. The lowest BCUT2D eigenvalue weighted by Gasteiger charge is -2.05. The van der Waals surface area contributed by atoms with Gasteiger partial charge in [0, 0.05) is 11.1 Å². The summed E-state index contributed by atoms with van der Waals surface area (Å²) in [6, 6.07) is 13.3. The molecule has 2 aromatic carbocycles. The normalized spacial score (nSPS) is 11.0. The Hall–Kier alpha value is -3.32. The van der Waals surface area contributed by atoms with Crippen molar-refractivity contribution in [3.8, 4) is 28.7 Å². The molecule has 4 rings (SSSR count). The third-order valence-electron chi connectivity index (χ3n) is 3.94. The average molecular weight is 370 g/mol. The molecule has 0 aliphatic rings. The summed E-state index contributed by atoms with van der Waals surface area (Å²) in [5.74, 6) is 1.98. The molecule has 0 atom stereocenters. The molecule has 0 aliphatic carbocycles. The number of ether oxygens (including phenoxy) is 1. The molecule has 0 amide bonds. The van der Waals surface area contributed by atoms with Crippen LogP contribution in [0.4, 0.5) is 5.69 Å². The van der Waals surface area contributed by atoms with Crippen LogP contribution >= 0.6 is 11.6 Å². The zero-order valence-electron chi connectivity index (χ0n) is 13.5. The van der Waals surface area contributed by atoms with E-state index in [1.54, 1.807) is 30.3 Å². The quantitative estimate of drug-likeness (QED) is 0.400. The number of non-ortho nitro benzene ring substituents is 1. The predicted molar refractivity (Wildman–Crippen MR) is 97.4 cm³/mol. The summed E-state index contributed by atoms with van der Waals surface area (Å²) in [6.07, 6.45) is 0. The van der Waals surface area contributed by atoms with E-state index in [-0.39, 0.29) is 5.69 Å². The summed E-state index contributed by atoms with van der Waals surface area (Å²) >= 11 is 5.99. The fourth-order valence-corrected chi connectivity index (χ4v) is 2.88. The van der Waals surface area contributed by atoms with Gasteiger partial charge in [-0.25, -0.2) is 4.98 Å². The van der Waals surface area contributed by atoms with Crippen LogP contribution in [0.2, 0.25) is 5.02 Å². The van der Waals surface area contributed by atoms with E-state index in [4.69, 9.17) is 20.8 Å². The van der Waals surface area contributed by atoms with Crippen molar-refractivity contribution in [3.05, 3.63) is 63.7 Å². The number of hydrogen-bond donors (Lipinski definition) is 1. The minimum Gasteiger partial charge on any atom is -0.496 e. The monoisotopic (exact) mass is 369 g/mol. The number of nitro groups is 1. The van der Waals surface area contributed by atoms with Crippen molar-refractivity contribution >= 4 is 28.3 Å². The van der Waals surface area contributed by atoms with Gasteiger partial charge in [0.2, 0.25) is 0 Å². The third kappa shape index (κ3) is 2.78. The maximum Gasteiger partial charge on any atom is 0.273 e. The van der Waals surface area contributed by atoms with Crippen LogP contribution in [-0.2, 0) is 0 Å². The van der Waals surface area contributed by atoms with Gasteiger partial charge < -0.3 is 14.1 Å². The molecule has 26 heavy (non-hydrogen) atoms. The second-order valence-corrected chi connectivity index (χ2v) is 5.99. The summed E-state index contributed by atoms with van der Waals surface area (Å²) in [4.78, 5) is 18.1. The Morgan fingerprint density at radius 3 is 2.73 bits per heavy atom. The molecule has 0 saturated heterocycles. The number of furan rings is 1. The van der Waals surface area contributed by atoms with E-state index in [9.17, 15) is 10.1 Å². The van der Waals surface area contributed by atoms with Gasteiger partial charge in [0.1, 0.15) is 11.5 Å². The fraction of sp³-hybridized carbons (Fsp3) is 0.0556. The topological polar surface area (TPSA) is 94.2 Å². The number of fused-ring (bicyclic) bond motifs is 1. The molecule has 0 spiro atoms. The Bertz CT molecular complexity index is 1130. The molecule has 0 saturated carbocycles. The maximum absolute atomic E-state index is 10.9. The van der Waals surface area contributed by atoms with Crippen molar-refractivity contribution in [2.75, 3.05) is 7.11 Å². The lowest BCUT2D eigenvalue weighted by molar-refractivity contribution is -0.384. The molecule has 0 bridgehead atoms. The first-order valence-electron chi connectivity index (χ1n) is 7.63. The number of methoxy groups -OCH3 is 1. The van der Waals surface area contributed by atoms with E-state index in [1.165, 1.54) is 19.2 Å². The number of halogens is 1. The van der Waals surface area contributed by atoms with Gasteiger partial charge in [-0.15, -0.1) is 0 Å². The summed E-state index contributed by atoms with van der Waals surface area (Å²) in [5, 5.41) is 11.5. The Balaban J connectivity index is 1.74. The number of nitrogens with zero attached hydrogens (tertiary/aromatic N) is 2. The van der Waals surface area contributed by atoms with Crippen LogP contribution in [-0.4, -0.2) is 22.0 Å². The number of imidazole rings is 1. The summed E-state index contributed by atoms with van der Waals surface area (Å²) in [7, 11) is 1.45. The van der Waals surface area contributed by atoms with Crippen LogP contribution in [0.3, 0.4) is 0 Å². The Morgan fingerprint density at radius 1 is 1.15 bits per heavy atom. The molecule has 130 valence electrons. The van der Waals surface area contributed by atoms with Gasteiger partial charge in [0.15, 0.2) is 11.6 Å². The van der Waals surface area contributed by atoms with Gasteiger partial charge in [-0.3, -0.25) is 10.1 Å². The van der Waals surface area contributed by atoms with Crippen LogP contribution < -0.4 is 4.74 Å². The molecular weight excluding hydrogens is 358 g/mol. The van der Waals surface area contributed by atoms with Crippen molar-refractivity contribution in [1.82, 2.24) is 9.97 Å². The highest BCUT2D eigenvalue weighted by atomic mass is 35.5. The SMILES string of the molecule is COc1cc([N+](=O)[O-])ccc1-c1ccc(-c2nc3ccc(Cl)cc3[nH]2)o1. The number of H-pyrrole nitrogens is 1. The van der Waals surface area contributed by atoms with Crippen LogP contribution in [0.25, 0.3) is 33.9 Å². The molecule has 4 aromatic rings. The van der Waals surface area contributed by atoms with Crippen molar-refractivity contribution in [2.45, 2.75) is 0 Å². The molecule has 8 heteroatoms. The van der Waals surface area contributed by atoms with Crippen LogP contribution in [0.1, 0.15) is 0 Å². The maximum atomic E-state index is 10.9. The lowest BCUT2D eigenvalue weighted by atomic mass is 10.1. The van der Waals surface area contributed by atoms with Gasteiger partial charge in [-0.05, 0) is 36.4 Å². The van der Waals surface area contributed by atoms with Crippen molar-refractivity contribution in [2.24, 2.45) is 0 Å². The minimum atomic E-state index is -0.473. The zero-order valence-corrected chi connectivity index (χ0v) is 14.3. The molecule has 0 unspecified atom stereocenters. The predicted octanol–water partition coefficient (Wildman–Crippen LogP) is 5.06. The first kappa shape index (κ1) is 16.2.